The zero-order valence-corrected chi connectivity index (χ0v) is 12.0. The van der Waals surface area contributed by atoms with Gasteiger partial charge in [0.05, 0.1) is 0 Å². The number of hydrogen-bond donors (Lipinski definition) is 1. The Morgan fingerprint density at radius 1 is 1.05 bits per heavy atom. The molecule has 19 heavy (non-hydrogen) atoms. The molecule has 1 heteroatoms. The van der Waals surface area contributed by atoms with E-state index in [0.717, 1.165) is 17.8 Å². The van der Waals surface area contributed by atoms with E-state index in [1.54, 1.807) is 5.56 Å². The highest BCUT2D eigenvalue weighted by Gasteiger charge is 2.51. The SMILES string of the molecule is Cc1ccc(CN)cc1C12CC3CC(CC(C3)C1)C2. The molecule has 0 heterocycles. The van der Waals surface area contributed by atoms with Gasteiger partial charge in [-0.05, 0) is 85.3 Å². The second-order valence-electron chi connectivity index (χ2n) is 7.55. The van der Waals surface area contributed by atoms with Gasteiger partial charge in [0.15, 0.2) is 0 Å². The minimum atomic E-state index is 0.518. The maximum atomic E-state index is 5.86. The summed E-state index contributed by atoms with van der Waals surface area (Å²) in [6.07, 6.45) is 8.92. The predicted molar refractivity (Wildman–Crippen MR) is 78.9 cm³/mol. The molecule has 0 radical (unpaired) electrons. The largest absolute Gasteiger partial charge is 0.326 e. The molecule has 0 saturated heterocycles. The van der Waals surface area contributed by atoms with Crippen LogP contribution in [0.15, 0.2) is 18.2 Å². The van der Waals surface area contributed by atoms with Crippen LogP contribution < -0.4 is 5.73 Å². The van der Waals surface area contributed by atoms with Gasteiger partial charge in [-0.1, -0.05) is 18.2 Å². The Hall–Kier alpha value is -0.820. The van der Waals surface area contributed by atoms with E-state index in [1.807, 2.05) is 0 Å². The molecule has 102 valence electrons. The minimum absolute atomic E-state index is 0.518. The third kappa shape index (κ3) is 1.78. The van der Waals surface area contributed by atoms with E-state index in [4.69, 9.17) is 5.73 Å². The van der Waals surface area contributed by atoms with Crippen LogP contribution in [-0.2, 0) is 12.0 Å². The minimum Gasteiger partial charge on any atom is -0.326 e. The van der Waals surface area contributed by atoms with E-state index in [1.165, 1.54) is 49.7 Å². The van der Waals surface area contributed by atoms with Crippen LogP contribution in [0.2, 0.25) is 0 Å². The first-order chi connectivity index (χ1) is 9.18. The molecular weight excluding hydrogens is 230 g/mol. The fourth-order valence-electron chi connectivity index (χ4n) is 5.81. The fraction of sp³-hybridized carbons (Fsp3) is 0.667. The first-order valence-corrected chi connectivity index (χ1v) is 7.98. The van der Waals surface area contributed by atoms with Crippen LogP contribution in [0, 0.1) is 24.7 Å². The van der Waals surface area contributed by atoms with E-state index in [9.17, 15) is 0 Å². The first-order valence-electron chi connectivity index (χ1n) is 7.98. The predicted octanol–water partition coefficient (Wildman–Crippen LogP) is 3.92. The van der Waals surface area contributed by atoms with Crippen molar-refractivity contribution in [2.75, 3.05) is 0 Å². The van der Waals surface area contributed by atoms with Crippen LogP contribution in [-0.4, -0.2) is 0 Å². The normalized spacial score (nSPS) is 39.8. The van der Waals surface area contributed by atoms with Gasteiger partial charge in [-0.25, -0.2) is 0 Å². The number of rotatable bonds is 2. The Labute approximate surface area is 116 Å². The van der Waals surface area contributed by atoms with Crippen molar-refractivity contribution in [1.29, 1.82) is 0 Å². The summed E-state index contributed by atoms with van der Waals surface area (Å²) in [4.78, 5) is 0. The van der Waals surface area contributed by atoms with Crippen molar-refractivity contribution in [1.82, 2.24) is 0 Å². The maximum absolute atomic E-state index is 5.86. The molecule has 0 aromatic heterocycles. The van der Waals surface area contributed by atoms with Gasteiger partial charge in [0.2, 0.25) is 0 Å². The lowest BCUT2D eigenvalue weighted by atomic mass is 9.47. The smallest absolute Gasteiger partial charge is 0.0178 e. The molecule has 5 rings (SSSR count). The molecule has 0 aliphatic heterocycles. The monoisotopic (exact) mass is 255 g/mol. The zero-order chi connectivity index (χ0) is 13.0. The van der Waals surface area contributed by atoms with Crippen molar-refractivity contribution < 1.29 is 0 Å². The van der Waals surface area contributed by atoms with Crippen LogP contribution in [0.25, 0.3) is 0 Å². The summed E-state index contributed by atoms with van der Waals surface area (Å²) in [6.45, 7) is 2.98. The number of nitrogens with two attached hydrogens (primary N) is 1. The summed E-state index contributed by atoms with van der Waals surface area (Å²) < 4.78 is 0. The van der Waals surface area contributed by atoms with Gasteiger partial charge in [-0.15, -0.1) is 0 Å². The van der Waals surface area contributed by atoms with Crippen molar-refractivity contribution in [3.63, 3.8) is 0 Å². The first kappa shape index (κ1) is 12.0. The van der Waals surface area contributed by atoms with Crippen LogP contribution in [0.5, 0.6) is 0 Å². The molecule has 4 aliphatic carbocycles. The van der Waals surface area contributed by atoms with Crippen LogP contribution in [0.4, 0.5) is 0 Å². The van der Waals surface area contributed by atoms with Gasteiger partial charge in [0, 0.05) is 6.54 Å². The Morgan fingerprint density at radius 2 is 1.63 bits per heavy atom. The van der Waals surface area contributed by atoms with Gasteiger partial charge in [0.25, 0.3) is 0 Å². The van der Waals surface area contributed by atoms with Gasteiger partial charge in [0.1, 0.15) is 0 Å². The Kier molecular flexibility index (Phi) is 2.57. The van der Waals surface area contributed by atoms with Gasteiger partial charge >= 0.3 is 0 Å². The highest BCUT2D eigenvalue weighted by Crippen LogP contribution is 2.61. The Bertz CT molecular complexity index is 467. The molecule has 4 fully saturated rings. The van der Waals surface area contributed by atoms with Crippen molar-refractivity contribution in [3.05, 3.63) is 34.9 Å². The van der Waals surface area contributed by atoms with Crippen molar-refractivity contribution in [3.8, 4) is 0 Å². The van der Waals surface area contributed by atoms with E-state index >= 15 is 0 Å². The standard InChI is InChI=1S/C18H25N/c1-12-2-3-13(11-19)7-17(12)18-8-14-4-15(9-18)6-16(5-14)10-18/h2-3,7,14-16H,4-6,8-11,19H2,1H3. The van der Waals surface area contributed by atoms with Gasteiger partial charge in [-0.2, -0.15) is 0 Å². The van der Waals surface area contributed by atoms with Crippen molar-refractivity contribution >= 4 is 0 Å². The highest BCUT2D eigenvalue weighted by molar-refractivity contribution is 5.39. The molecule has 1 aromatic carbocycles. The second-order valence-corrected chi connectivity index (χ2v) is 7.55. The van der Waals surface area contributed by atoms with Crippen LogP contribution in [0.3, 0.4) is 0 Å². The summed E-state index contributed by atoms with van der Waals surface area (Å²) in [6, 6.07) is 6.94. The van der Waals surface area contributed by atoms with Crippen molar-refractivity contribution in [2.24, 2.45) is 23.5 Å². The van der Waals surface area contributed by atoms with E-state index < -0.39 is 0 Å². The average molecular weight is 255 g/mol. The molecule has 1 nitrogen and oxygen atoms in total. The summed E-state index contributed by atoms with van der Waals surface area (Å²) in [5.41, 5.74) is 10.8. The molecule has 0 unspecified atom stereocenters. The molecule has 4 aliphatic rings. The van der Waals surface area contributed by atoms with E-state index in [-0.39, 0.29) is 0 Å². The van der Waals surface area contributed by atoms with Crippen LogP contribution in [0.1, 0.15) is 55.2 Å². The summed E-state index contributed by atoms with van der Waals surface area (Å²) in [5, 5.41) is 0. The maximum Gasteiger partial charge on any atom is 0.0178 e. The molecule has 4 bridgehead atoms. The van der Waals surface area contributed by atoms with E-state index in [2.05, 4.69) is 25.1 Å². The fourth-order valence-corrected chi connectivity index (χ4v) is 5.81. The molecular formula is C18H25N. The summed E-state index contributed by atoms with van der Waals surface area (Å²) in [5.74, 6) is 3.06. The topological polar surface area (TPSA) is 26.0 Å². The lowest BCUT2D eigenvalue weighted by Gasteiger charge is -2.57. The molecule has 1 aromatic rings. The number of benzene rings is 1. The average Bonchev–Trinajstić information content (AvgIpc) is 2.37. The van der Waals surface area contributed by atoms with Crippen molar-refractivity contribution in [2.45, 2.75) is 57.4 Å². The number of aryl methyl sites for hydroxylation is 1. The molecule has 0 spiro atoms. The van der Waals surface area contributed by atoms with Gasteiger partial charge < -0.3 is 5.73 Å². The quantitative estimate of drug-likeness (QED) is 0.851. The zero-order valence-electron chi connectivity index (χ0n) is 12.0. The summed E-state index contributed by atoms with van der Waals surface area (Å²) in [7, 11) is 0. The number of hydrogen-bond acceptors (Lipinski definition) is 1. The summed E-state index contributed by atoms with van der Waals surface area (Å²) >= 11 is 0. The Balaban J connectivity index is 1.79. The lowest BCUT2D eigenvalue weighted by molar-refractivity contribution is -0.00549. The third-order valence-electron chi connectivity index (χ3n) is 6.15. The molecule has 4 saturated carbocycles. The molecule has 0 amide bonds. The third-order valence-corrected chi connectivity index (χ3v) is 6.15. The highest BCUT2D eigenvalue weighted by atomic mass is 14.6. The van der Waals surface area contributed by atoms with Gasteiger partial charge in [-0.3, -0.25) is 0 Å². The molecule has 0 atom stereocenters. The van der Waals surface area contributed by atoms with Crippen LogP contribution >= 0.6 is 0 Å². The lowest BCUT2D eigenvalue weighted by Crippen LogP contribution is -2.48. The van der Waals surface area contributed by atoms with E-state index in [0.29, 0.717) is 12.0 Å². The molecule has 2 N–H and O–H groups in total. The Morgan fingerprint density at radius 3 is 2.16 bits per heavy atom. The second kappa shape index (κ2) is 4.09.